The van der Waals surface area contributed by atoms with Crippen molar-refractivity contribution >= 4 is 28.2 Å². The number of nitrogens with two attached hydrogens (primary N) is 1. The smallest absolute Gasteiger partial charge is 0.265 e. The Hall–Kier alpha value is -2.09. The van der Waals surface area contributed by atoms with E-state index in [1.54, 1.807) is 10.9 Å². The number of thiazole rings is 1. The van der Waals surface area contributed by atoms with E-state index in [0.29, 0.717) is 11.4 Å². The van der Waals surface area contributed by atoms with E-state index in [4.69, 9.17) is 5.73 Å². The minimum absolute atomic E-state index is 0.202. The number of hydrogen-bond acceptors (Lipinski definition) is 6. The van der Waals surface area contributed by atoms with Gasteiger partial charge in [-0.1, -0.05) is 11.3 Å². The lowest BCUT2D eigenvalue weighted by atomic mass is 10.3. The van der Waals surface area contributed by atoms with Crippen molar-refractivity contribution in [2.45, 2.75) is 20.4 Å². The van der Waals surface area contributed by atoms with Crippen LogP contribution in [0.3, 0.4) is 0 Å². The molecule has 7 nitrogen and oxygen atoms in total. The maximum Gasteiger partial charge on any atom is 0.265 e. The molecule has 0 fully saturated rings. The molecule has 8 heteroatoms. The third kappa shape index (κ3) is 3.52. The molecule has 0 aromatic carbocycles. The Bertz CT molecular complexity index is 616. The van der Waals surface area contributed by atoms with Gasteiger partial charge in [-0.15, -0.1) is 0 Å². The van der Waals surface area contributed by atoms with Gasteiger partial charge in [0.25, 0.3) is 5.91 Å². The molecule has 0 atom stereocenters. The van der Waals surface area contributed by atoms with E-state index in [2.05, 4.69) is 20.3 Å². The molecule has 2 heterocycles. The van der Waals surface area contributed by atoms with Gasteiger partial charge >= 0.3 is 0 Å². The van der Waals surface area contributed by atoms with Gasteiger partial charge in [0.1, 0.15) is 10.7 Å². The molecular weight excluding hydrogens is 288 g/mol. The van der Waals surface area contributed by atoms with Crippen LogP contribution < -0.4 is 16.0 Å². The molecule has 0 aliphatic heterocycles. The van der Waals surface area contributed by atoms with E-state index in [9.17, 15) is 4.79 Å². The monoisotopic (exact) mass is 308 g/mol. The number of carbonyl (C=O) groups is 1. The molecule has 0 aliphatic carbocycles. The van der Waals surface area contributed by atoms with Gasteiger partial charge < -0.3 is 16.0 Å². The Morgan fingerprint density at radius 2 is 2.19 bits per heavy atom. The largest absolute Gasteiger partial charge is 0.382 e. The van der Waals surface area contributed by atoms with Gasteiger partial charge in [-0.3, -0.25) is 9.48 Å². The molecule has 2 rings (SSSR count). The van der Waals surface area contributed by atoms with Crippen molar-refractivity contribution in [2.75, 3.05) is 23.7 Å². The molecule has 2 aromatic rings. The van der Waals surface area contributed by atoms with Crippen molar-refractivity contribution in [2.24, 2.45) is 7.05 Å². The first kappa shape index (κ1) is 15.3. The van der Waals surface area contributed by atoms with Crippen LogP contribution in [-0.2, 0) is 13.6 Å². The molecule has 0 unspecified atom stereocenters. The van der Waals surface area contributed by atoms with Crippen LogP contribution in [0.25, 0.3) is 0 Å². The zero-order valence-electron chi connectivity index (χ0n) is 12.5. The summed E-state index contributed by atoms with van der Waals surface area (Å²) in [4.78, 5) is 19.0. The zero-order chi connectivity index (χ0) is 15.4. The van der Waals surface area contributed by atoms with Crippen LogP contribution in [0.1, 0.15) is 29.1 Å². The number of anilines is 2. The fraction of sp³-hybridized carbons (Fsp3) is 0.462. The first-order valence-electron chi connectivity index (χ1n) is 6.82. The molecule has 1 amide bonds. The molecule has 0 saturated heterocycles. The lowest BCUT2D eigenvalue weighted by Gasteiger charge is -2.16. The molecular formula is C13H20N6OS. The normalized spacial score (nSPS) is 10.6. The number of aryl methyl sites for hydroxylation is 1. The van der Waals surface area contributed by atoms with E-state index in [-0.39, 0.29) is 11.7 Å². The number of rotatable bonds is 6. The molecule has 21 heavy (non-hydrogen) atoms. The van der Waals surface area contributed by atoms with E-state index >= 15 is 0 Å². The van der Waals surface area contributed by atoms with Crippen LogP contribution in [-0.4, -0.2) is 33.8 Å². The summed E-state index contributed by atoms with van der Waals surface area (Å²) in [5.41, 5.74) is 6.80. The Morgan fingerprint density at radius 1 is 1.48 bits per heavy atom. The number of nitrogens with one attached hydrogen (secondary N) is 1. The minimum atomic E-state index is -0.202. The van der Waals surface area contributed by atoms with Gasteiger partial charge in [0.15, 0.2) is 5.13 Å². The van der Waals surface area contributed by atoms with Crippen LogP contribution in [0, 0.1) is 0 Å². The van der Waals surface area contributed by atoms with Gasteiger partial charge in [0, 0.05) is 38.4 Å². The quantitative estimate of drug-likeness (QED) is 0.838. The van der Waals surface area contributed by atoms with Crippen LogP contribution in [0.5, 0.6) is 0 Å². The first-order chi connectivity index (χ1) is 10.0. The van der Waals surface area contributed by atoms with E-state index in [0.717, 1.165) is 23.8 Å². The van der Waals surface area contributed by atoms with Crippen molar-refractivity contribution in [1.82, 2.24) is 20.1 Å². The summed E-state index contributed by atoms with van der Waals surface area (Å²) in [5, 5.41) is 7.68. The predicted octanol–water partition coefficient (Wildman–Crippen LogP) is 1.23. The molecule has 0 aliphatic rings. The average molecular weight is 308 g/mol. The standard InChI is InChI=1S/C13H20N6OS/c1-4-19(5-2)13-17-11(14)10(21-13)12(20)15-6-9-7-16-18(3)8-9/h7-8H,4-6,14H2,1-3H3,(H,15,20). The Labute approximate surface area is 127 Å². The number of aromatic nitrogens is 3. The SMILES string of the molecule is CCN(CC)c1nc(N)c(C(=O)NCc2cnn(C)c2)s1. The summed E-state index contributed by atoms with van der Waals surface area (Å²) in [7, 11) is 1.84. The van der Waals surface area contributed by atoms with E-state index in [1.807, 2.05) is 27.1 Å². The van der Waals surface area contributed by atoms with E-state index in [1.165, 1.54) is 11.3 Å². The number of nitrogens with zero attached hydrogens (tertiary/aromatic N) is 4. The van der Waals surface area contributed by atoms with Crippen LogP contribution in [0.15, 0.2) is 12.4 Å². The topological polar surface area (TPSA) is 89.1 Å². The second-order valence-electron chi connectivity index (χ2n) is 4.59. The summed E-state index contributed by atoms with van der Waals surface area (Å²) in [6.07, 6.45) is 3.58. The molecule has 0 radical (unpaired) electrons. The zero-order valence-corrected chi connectivity index (χ0v) is 13.3. The third-order valence-electron chi connectivity index (χ3n) is 3.09. The van der Waals surface area contributed by atoms with Gasteiger partial charge in [-0.05, 0) is 13.8 Å². The summed E-state index contributed by atoms with van der Waals surface area (Å²) < 4.78 is 1.70. The summed E-state index contributed by atoms with van der Waals surface area (Å²) in [6, 6.07) is 0. The predicted molar refractivity (Wildman–Crippen MR) is 84.5 cm³/mol. The maximum absolute atomic E-state index is 12.2. The highest BCUT2D eigenvalue weighted by molar-refractivity contribution is 7.18. The molecule has 0 saturated carbocycles. The lowest BCUT2D eigenvalue weighted by Crippen LogP contribution is -2.22. The molecule has 2 aromatic heterocycles. The van der Waals surface area contributed by atoms with Gasteiger partial charge in [0.2, 0.25) is 0 Å². The molecule has 114 valence electrons. The van der Waals surface area contributed by atoms with Gasteiger partial charge in [-0.2, -0.15) is 5.10 Å². The number of nitrogen functional groups attached to an aromatic ring is 1. The summed E-state index contributed by atoms with van der Waals surface area (Å²) in [5.74, 6) is 0.0813. The highest BCUT2D eigenvalue weighted by atomic mass is 32.1. The van der Waals surface area contributed by atoms with Crippen molar-refractivity contribution in [1.29, 1.82) is 0 Å². The van der Waals surface area contributed by atoms with Crippen molar-refractivity contribution in [3.63, 3.8) is 0 Å². The fourth-order valence-electron chi connectivity index (χ4n) is 1.94. The molecule has 0 bridgehead atoms. The Morgan fingerprint density at radius 3 is 2.76 bits per heavy atom. The first-order valence-corrected chi connectivity index (χ1v) is 7.63. The second-order valence-corrected chi connectivity index (χ2v) is 5.57. The van der Waals surface area contributed by atoms with Crippen molar-refractivity contribution in [3.05, 3.63) is 22.8 Å². The van der Waals surface area contributed by atoms with Crippen molar-refractivity contribution in [3.8, 4) is 0 Å². The molecule has 0 spiro atoms. The number of carbonyl (C=O) groups excluding carboxylic acids is 1. The number of amides is 1. The maximum atomic E-state index is 12.2. The third-order valence-corrected chi connectivity index (χ3v) is 4.22. The minimum Gasteiger partial charge on any atom is -0.382 e. The van der Waals surface area contributed by atoms with E-state index < -0.39 is 0 Å². The van der Waals surface area contributed by atoms with Gasteiger partial charge in [0.05, 0.1) is 6.20 Å². The van der Waals surface area contributed by atoms with Crippen molar-refractivity contribution < 1.29 is 4.79 Å². The van der Waals surface area contributed by atoms with Crippen LogP contribution in [0.2, 0.25) is 0 Å². The number of hydrogen-bond donors (Lipinski definition) is 2. The van der Waals surface area contributed by atoms with Crippen LogP contribution in [0.4, 0.5) is 10.9 Å². The highest BCUT2D eigenvalue weighted by Crippen LogP contribution is 2.27. The Kier molecular flexibility index (Phi) is 4.79. The highest BCUT2D eigenvalue weighted by Gasteiger charge is 2.18. The molecule has 3 N–H and O–H groups in total. The Balaban J connectivity index is 2.05. The fourth-order valence-corrected chi connectivity index (χ4v) is 2.97. The summed E-state index contributed by atoms with van der Waals surface area (Å²) in [6.45, 7) is 6.18. The lowest BCUT2D eigenvalue weighted by molar-refractivity contribution is 0.0955. The summed E-state index contributed by atoms with van der Waals surface area (Å²) >= 11 is 1.32. The average Bonchev–Trinajstić information content (AvgIpc) is 3.04. The van der Waals surface area contributed by atoms with Crippen LogP contribution >= 0.6 is 11.3 Å². The van der Waals surface area contributed by atoms with Gasteiger partial charge in [-0.25, -0.2) is 4.98 Å². The second kappa shape index (κ2) is 6.57.